The summed E-state index contributed by atoms with van der Waals surface area (Å²) in [4.78, 5) is 13.5. The SMILES string of the molecule is COc1ccc(C=CC(=O)NC(CC(C)C)c2cccs2)cc1OC. The molecule has 1 amide bonds. The van der Waals surface area contributed by atoms with Gasteiger partial charge >= 0.3 is 0 Å². The molecule has 0 saturated heterocycles. The Morgan fingerprint density at radius 1 is 1.20 bits per heavy atom. The molecule has 2 rings (SSSR count). The van der Waals surface area contributed by atoms with Gasteiger partial charge in [0.25, 0.3) is 0 Å². The molecule has 0 radical (unpaired) electrons. The Morgan fingerprint density at radius 2 is 1.96 bits per heavy atom. The predicted octanol–water partition coefficient (Wildman–Crippen LogP) is 4.68. The topological polar surface area (TPSA) is 47.6 Å². The summed E-state index contributed by atoms with van der Waals surface area (Å²) in [6.07, 6.45) is 4.25. The first-order valence-corrected chi connectivity index (χ1v) is 9.15. The minimum atomic E-state index is -0.103. The summed E-state index contributed by atoms with van der Waals surface area (Å²) in [5.41, 5.74) is 0.879. The molecule has 1 unspecified atom stereocenters. The zero-order valence-electron chi connectivity index (χ0n) is 15.1. The van der Waals surface area contributed by atoms with E-state index >= 15 is 0 Å². The lowest BCUT2D eigenvalue weighted by atomic mass is 10.0. The molecule has 1 heterocycles. The van der Waals surface area contributed by atoms with E-state index in [-0.39, 0.29) is 11.9 Å². The minimum absolute atomic E-state index is 0.0440. The molecule has 5 heteroatoms. The number of rotatable bonds is 8. The third kappa shape index (κ3) is 5.64. The van der Waals surface area contributed by atoms with Gasteiger partial charge in [-0.3, -0.25) is 4.79 Å². The Labute approximate surface area is 153 Å². The van der Waals surface area contributed by atoms with Gasteiger partial charge in [-0.2, -0.15) is 0 Å². The Hall–Kier alpha value is -2.27. The molecular formula is C20H25NO3S. The fraction of sp³-hybridized carbons (Fsp3) is 0.350. The first kappa shape index (κ1) is 19.1. The van der Waals surface area contributed by atoms with E-state index in [1.807, 2.05) is 29.6 Å². The molecule has 25 heavy (non-hydrogen) atoms. The van der Waals surface area contributed by atoms with Crippen LogP contribution < -0.4 is 14.8 Å². The number of methoxy groups -OCH3 is 2. The van der Waals surface area contributed by atoms with E-state index in [9.17, 15) is 4.79 Å². The van der Waals surface area contributed by atoms with Crippen molar-refractivity contribution in [3.05, 3.63) is 52.2 Å². The summed E-state index contributed by atoms with van der Waals surface area (Å²) in [6, 6.07) is 9.67. The molecule has 2 aromatic rings. The van der Waals surface area contributed by atoms with Crippen molar-refractivity contribution < 1.29 is 14.3 Å². The van der Waals surface area contributed by atoms with E-state index < -0.39 is 0 Å². The summed E-state index contributed by atoms with van der Waals surface area (Å²) < 4.78 is 10.5. The normalized spacial score (nSPS) is 12.4. The Morgan fingerprint density at radius 3 is 2.56 bits per heavy atom. The second kappa shape index (κ2) is 9.28. The van der Waals surface area contributed by atoms with Gasteiger partial charge in [0.05, 0.1) is 20.3 Å². The Balaban J connectivity index is 2.06. The summed E-state index contributed by atoms with van der Waals surface area (Å²) in [6.45, 7) is 4.32. The van der Waals surface area contributed by atoms with Crippen LogP contribution >= 0.6 is 11.3 Å². The molecule has 0 bridgehead atoms. The minimum Gasteiger partial charge on any atom is -0.493 e. The second-order valence-corrected chi connectivity index (χ2v) is 7.13. The van der Waals surface area contributed by atoms with Crippen molar-refractivity contribution in [1.29, 1.82) is 0 Å². The van der Waals surface area contributed by atoms with Crippen molar-refractivity contribution >= 4 is 23.3 Å². The van der Waals surface area contributed by atoms with Crippen LogP contribution in [0.2, 0.25) is 0 Å². The monoisotopic (exact) mass is 359 g/mol. The average Bonchev–Trinajstić information content (AvgIpc) is 3.13. The fourth-order valence-electron chi connectivity index (χ4n) is 2.56. The fourth-order valence-corrected chi connectivity index (χ4v) is 3.35. The van der Waals surface area contributed by atoms with Crippen LogP contribution in [0.3, 0.4) is 0 Å². The molecule has 0 aliphatic carbocycles. The number of amides is 1. The molecule has 0 aliphatic heterocycles. The standard InChI is InChI=1S/C20H25NO3S/c1-14(2)12-16(19-6-5-11-25-19)21-20(22)10-8-15-7-9-17(23-3)18(13-15)24-4/h5-11,13-14,16H,12H2,1-4H3,(H,21,22). The lowest BCUT2D eigenvalue weighted by Crippen LogP contribution is -2.27. The van der Waals surface area contributed by atoms with Gasteiger partial charge in [0, 0.05) is 11.0 Å². The number of hydrogen-bond acceptors (Lipinski definition) is 4. The number of carbonyl (C=O) groups is 1. The molecule has 0 saturated carbocycles. The maximum absolute atomic E-state index is 12.3. The number of carbonyl (C=O) groups excluding carboxylic acids is 1. The van der Waals surface area contributed by atoms with Gasteiger partial charge in [0.2, 0.25) is 5.91 Å². The molecule has 1 aromatic carbocycles. The first-order valence-electron chi connectivity index (χ1n) is 8.27. The van der Waals surface area contributed by atoms with Crippen molar-refractivity contribution in [2.45, 2.75) is 26.3 Å². The van der Waals surface area contributed by atoms with Crippen LogP contribution in [-0.2, 0) is 4.79 Å². The Bertz CT molecular complexity index is 708. The van der Waals surface area contributed by atoms with Gasteiger partial charge in [0.15, 0.2) is 11.5 Å². The molecule has 1 aromatic heterocycles. The average molecular weight is 359 g/mol. The largest absolute Gasteiger partial charge is 0.493 e. The number of ether oxygens (including phenoxy) is 2. The lowest BCUT2D eigenvalue weighted by Gasteiger charge is -2.18. The van der Waals surface area contributed by atoms with Gasteiger partial charge in [-0.1, -0.05) is 26.0 Å². The van der Waals surface area contributed by atoms with Crippen LogP contribution in [0.25, 0.3) is 6.08 Å². The highest BCUT2D eigenvalue weighted by Crippen LogP contribution is 2.28. The predicted molar refractivity (Wildman–Crippen MR) is 103 cm³/mol. The van der Waals surface area contributed by atoms with E-state index in [2.05, 4.69) is 25.2 Å². The molecule has 134 valence electrons. The van der Waals surface area contributed by atoms with Crippen LogP contribution in [0.15, 0.2) is 41.8 Å². The van der Waals surface area contributed by atoms with E-state index in [1.165, 1.54) is 4.88 Å². The quantitative estimate of drug-likeness (QED) is 0.696. The number of benzene rings is 1. The van der Waals surface area contributed by atoms with Gasteiger partial charge in [-0.05, 0) is 47.6 Å². The smallest absolute Gasteiger partial charge is 0.244 e. The molecule has 1 atom stereocenters. The van der Waals surface area contributed by atoms with Crippen molar-refractivity contribution in [3.63, 3.8) is 0 Å². The van der Waals surface area contributed by atoms with Crippen molar-refractivity contribution in [3.8, 4) is 11.5 Å². The van der Waals surface area contributed by atoms with Crippen LogP contribution in [0, 0.1) is 5.92 Å². The van der Waals surface area contributed by atoms with Crippen LogP contribution in [-0.4, -0.2) is 20.1 Å². The number of hydrogen-bond donors (Lipinski definition) is 1. The first-order chi connectivity index (χ1) is 12.0. The third-order valence-corrected chi connectivity index (χ3v) is 4.73. The molecule has 0 spiro atoms. The van der Waals surface area contributed by atoms with Crippen molar-refractivity contribution in [2.24, 2.45) is 5.92 Å². The third-order valence-electron chi connectivity index (χ3n) is 3.74. The molecule has 0 fully saturated rings. The highest BCUT2D eigenvalue weighted by atomic mass is 32.1. The van der Waals surface area contributed by atoms with Crippen LogP contribution in [0.4, 0.5) is 0 Å². The summed E-state index contributed by atoms with van der Waals surface area (Å²) >= 11 is 1.67. The lowest BCUT2D eigenvalue weighted by molar-refractivity contribution is -0.117. The Kier molecular flexibility index (Phi) is 7.07. The highest BCUT2D eigenvalue weighted by molar-refractivity contribution is 7.10. The summed E-state index contributed by atoms with van der Waals surface area (Å²) in [5.74, 6) is 1.70. The van der Waals surface area contributed by atoms with Crippen molar-refractivity contribution in [1.82, 2.24) is 5.32 Å². The molecular weight excluding hydrogens is 334 g/mol. The van der Waals surface area contributed by atoms with E-state index in [1.54, 1.807) is 37.7 Å². The highest BCUT2D eigenvalue weighted by Gasteiger charge is 2.16. The number of thiophene rings is 1. The maximum atomic E-state index is 12.3. The van der Waals surface area contributed by atoms with E-state index in [4.69, 9.17) is 9.47 Å². The number of nitrogens with one attached hydrogen (secondary N) is 1. The van der Waals surface area contributed by atoms with Gasteiger partial charge in [-0.25, -0.2) is 0 Å². The van der Waals surface area contributed by atoms with Crippen LogP contribution in [0.5, 0.6) is 11.5 Å². The molecule has 4 nitrogen and oxygen atoms in total. The second-order valence-electron chi connectivity index (χ2n) is 6.15. The molecule has 1 N–H and O–H groups in total. The van der Waals surface area contributed by atoms with Crippen LogP contribution in [0.1, 0.15) is 36.8 Å². The van der Waals surface area contributed by atoms with E-state index in [0.717, 1.165) is 12.0 Å². The van der Waals surface area contributed by atoms with Gasteiger partial charge in [-0.15, -0.1) is 11.3 Å². The maximum Gasteiger partial charge on any atom is 0.244 e. The van der Waals surface area contributed by atoms with E-state index in [0.29, 0.717) is 17.4 Å². The zero-order chi connectivity index (χ0) is 18.2. The van der Waals surface area contributed by atoms with Gasteiger partial charge < -0.3 is 14.8 Å². The van der Waals surface area contributed by atoms with Gasteiger partial charge in [0.1, 0.15) is 0 Å². The summed E-state index contributed by atoms with van der Waals surface area (Å²) in [5, 5.41) is 5.14. The van der Waals surface area contributed by atoms with Crippen molar-refractivity contribution in [2.75, 3.05) is 14.2 Å². The molecule has 0 aliphatic rings. The zero-order valence-corrected chi connectivity index (χ0v) is 15.9. The summed E-state index contributed by atoms with van der Waals surface area (Å²) in [7, 11) is 3.19.